The maximum absolute atomic E-state index is 10.7. The van der Waals surface area contributed by atoms with Crippen molar-refractivity contribution < 1.29 is 28.8 Å². The molecule has 0 aromatic heterocycles. The molecular formula is C37H40N2O6. The van der Waals surface area contributed by atoms with Gasteiger partial charge in [0, 0.05) is 30.7 Å². The van der Waals surface area contributed by atoms with Crippen molar-refractivity contribution in [3.05, 3.63) is 94.0 Å². The first kappa shape index (κ1) is 29.3. The number of methoxy groups -OCH3 is 3. The van der Waals surface area contributed by atoms with Gasteiger partial charge in [-0.25, -0.2) is 0 Å². The number of phenolic OH excluding ortho intramolecular Hbond substituents is 1. The Balaban J connectivity index is 1.46. The predicted octanol–water partition coefficient (Wildman–Crippen LogP) is 6.86. The fraction of sp³-hybridized carbons (Fsp3) is 0.351. The van der Waals surface area contributed by atoms with Crippen LogP contribution in [0.25, 0.3) is 0 Å². The second kappa shape index (κ2) is 11.8. The van der Waals surface area contributed by atoms with Crippen molar-refractivity contribution in [1.29, 1.82) is 0 Å². The molecule has 45 heavy (non-hydrogen) atoms. The van der Waals surface area contributed by atoms with E-state index < -0.39 is 0 Å². The van der Waals surface area contributed by atoms with E-state index in [1.165, 1.54) is 16.7 Å². The molecule has 8 nitrogen and oxygen atoms in total. The standard InChI is InChI=1S/C37H40N2O6/c1-38-14-12-24-19-32(41-3)33-21-27(24)28(38)17-23-8-11-30(40)31(18-23)44-26-9-6-22(7-10-26)16-29-35-25(13-15-39(29)2)20-34(42-4)36(43-5)37(35)45-33/h6-11,18-21,28-29,40H,12-17H2,1-5H3/t28-,29+/m1/s1. The molecule has 4 aliphatic heterocycles. The lowest BCUT2D eigenvalue weighted by atomic mass is 9.87. The number of hydrogen-bond donors (Lipinski definition) is 1. The Morgan fingerprint density at radius 1 is 0.689 bits per heavy atom. The van der Waals surface area contributed by atoms with Crippen molar-refractivity contribution in [1.82, 2.24) is 9.80 Å². The zero-order valence-corrected chi connectivity index (χ0v) is 26.6. The van der Waals surface area contributed by atoms with Gasteiger partial charge in [-0.15, -0.1) is 0 Å². The van der Waals surface area contributed by atoms with Gasteiger partial charge in [0.05, 0.1) is 21.3 Å². The van der Waals surface area contributed by atoms with E-state index in [0.29, 0.717) is 40.2 Å². The smallest absolute Gasteiger partial charge is 0.204 e. The average molecular weight is 609 g/mol. The third-order valence-electron chi connectivity index (χ3n) is 9.64. The van der Waals surface area contributed by atoms with Crippen LogP contribution < -0.4 is 23.7 Å². The number of phenols is 1. The number of hydrogen-bond acceptors (Lipinski definition) is 8. The first-order valence-corrected chi connectivity index (χ1v) is 15.5. The van der Waals surface area contributed by atoms with Crippen molar-refractivity contribution in [3.63, 3.8) is 0 Å². The average Bonchev–Trinajstić information content (AvgIpc) is 3.05. The van der Waals surface area contributed by atoms with Gasteiger partial charge < -0.3 is 28.8 Å². The van der Waals surface area contributed by atoms with Crippen molar-refractivity contribution in [2.24, 2.45) is 0 Å². The molecule has 0 spiro atoms. The topological polar surface area (TPSA) is 72.9 Å². The Hall–Kier alpha value is -4.40. The van der Waals surface area contributed by atoms with E-state index in [-0.39, 0.29) is 17.8 Å². The Morgan fingerprint density at radius 2 is 1.36 bits per heavy atom. The van der Waals surface area contributed by atoms with Crippen LogP contribution in [0, 0.1) is 0 Å². The molecule has 0 saturated carbocycles. The Bertz CT molecular complexity index is 1740. The molecule has 8 heteroatoms. The highest BCUT2D eigenvalue weighted by molar-refractivity contribution is 5.63. The lowest BCUT2D eigenvalue weighted by Crippen LogP contribution is -2.34. The zero-order valence-electron chi connectivity index (χ0n) is 26.6. The predicted molar refractivity (Wildman–Crippen MR) is 173 cm³/mol. The first-order valence-electron chi connectivity index (χ1n) is 15.5. The second-order valence-electron chi connectivity index (χ2n) is 12.3. The molecule has 4 aliphatic rings. The summed E-state index contributed by atoms with van der Waals surface area (Å²) in [7, 11) is 9.34. The van der Waals surface area contributed by atoms with E-state index in [4.69, 9.17) is 23.7 Å². The molecule has 0 fully saturated rings. The van der Waals surface area contributed by atoms with E-state index in [0.717, 1.165) is 55.5 Å². The van der Waals surface area contributed by atoms with Crippen molar-refractivity contribution in [2.45, 2.75) is 37.8 Å². The van der Waals surface area contributed by atoms with E-state index in [2.05, 4.69) is 54.2 Å². The molecule has 0 unspecified atom stereocenters. The van der Waals surface area contributed by atoms with Gasteiger partial charge in [-0.3, -0.25) is 9.80 Å². The van der Waals surface area contributed by atoms with Crippen LogP contribution >= 0.6 is 0 Å². The molecule has 8 rings (SSSR count). The van der Waals surface area contributed by atoms with Gasteiger partial charge in [-0.1, -0.05) is 18.2 Å². The van der Waals surface area contributed by atoms with Crippen LogP contribution in [0.5, 0.6) is 46.0 Å². The molecule has 0 saturated heterocycles. The molecule has 234 valence electrons. The van der Waals surface area contributed by atoms with Gasteiger partial charge in [-0.2, -0.15) is 0 Å². The number of rotatable bonds is 3. The van der Waals surface area contributed by atoms with Gasteiger partial charge >= 0.3 is 0 Å². The highest BCUT2D eigenvalue weighted by Crippen LogP contribution is 2.51. The summed E-state index contributed by atoms with van der Waals surface area (Å²) in [5.74, 6) is 4.44. The van der Waals surface area contributed by atoms with Crippen LogP contribution in [0.15, 0.2) is 60.7 Å². The minimum Gasteiger partial charge on any atom is -0.504 e. The largest absolute Gasteiger partial charge is 0.504 e. The third kappa shape index (κ3) is 5.32. The molecule has 0 radical (unpaired) electrons. The lowest BCUT2D eigenvalue weighted by Gasteiger charge is -2.37. The minimum atomic E-state index is 0.0254. The number of likely N-dealkylation sites (N-methyl/N-ethyl adjacent to an activating group) is 2. The van der Waals surface area contributed by atoms with Crippen LogP contribution in [0.1, 0.15) is 45.5 Å². The monoisotopic (exact) mass is 608 g/mol. The molecule has 4 aromatic rings. The summed E-state index contributed by atoms with van der Waals surface area (Å²) in [5.41, 5.74) is 6.93. The van der Waals surface area contributed by atoms with Crippen LogP contribution in [0.4, 0.5) is 0 Å². The van der Waals surface area contributed by atoms with E-state index in [9.17, 15) is 5.11 Å². The number of ether oxygens (including phenoxy) is 5. The lowest BCUT2D eigenvalue weighted by molar-refractivity contribution is 0.220. The molecular weight excluding hydrogens is 568 g/mol. The Morgan fingerprint density at radius 3 is 2.09 bits per heavy atom. The van der Waals surface area contributed by atoms with Crippen LogP contribution in [-0.4, -0.2) is 63.4 Å². The SMILES string of the molecule is COc1cc2c3cc1Oc1c(OC)c(OC)cc4c1[C@H](Cc1ccc(cc1)Oc1cc(ccc1O)C[C@H]3N(C)CC2)N(C)CC4. The van der Waals surface area contributed by atoms with Gasteiger partial charge in [0.1, 0.15) is 5.75 Å². The van der Waals surface area contributed by atoms with Gasteiger partial charge in [0.15, 0.2) is 34.5 Å². The molecule has 6 bridgehead atoms. The van der Waals surface area contributed by atoms with E-state index in [1.807, 2.05) is 24.3 Å². The summed E-state index contributed by atoms with van der Waals surface area (Å²) in [5, 5.41) is 10.7. The first-order chi connectivity index (χ1) is 21.9. The summed E-state index contributed by atoms with van der Waals surface area (Å²) in [6.45, 7) is 1.82. The summed E-state index contributed by atoms with van der Waals surface area (Å²) < 4.78 is 31.0. The maximum Gasteiger partial charge on any atom is 0.204 e. The highest BCUT2D eigenvalue weighted by atomic mass is 16.5. The minimum absolute atomic E-state index is 0.0254. The highest BCUT2D eigenvalue weighted by Gasteiger charge is 2.34. The quantitative estimate of drug-likeness (QED) is 0.271. The molecule has 2 atom stereocenters. The van der Waals surface area contributed by atoms with E-state index in [1.54, 1.807) is 27.4 Å². The number of aromatic hydroxyl groups is 1. The Kier molecular flexibility index (Phi) is 7.71. The second-order valence-corrected chi connectivity index (χ2v) is 12.3. The molecule has 0 aliphatic carbocycles. The molecule has 0 amide bonds. The maximum atomic E-state index is 10.7. The normalized spacial score (nSPS) is 19.4. The summed E-state index contributed by atoms with van der Waals surface area (Å²) in [6, 6.07) is 20.2. The zero-order chi connectivity index (χ0) is 31.2. The van der Waals surface area contributed by atoms with Crippen LogP contribution in [0.2, 0.25) is 0 Å². The van der Waals surface area contributed by atoms with Crippen LogP contribution in [-0.2, 0) is 25.7 Å². The number of nitrogens with zero attached hydrogens (tertiary/aromatic N) is 2. The van der Waals surface area contributed by atoms with Crippen molar-refractivity contribution in [2.75, 3.05) is 48.5 Å². The summed E-state index contributed by atoms with van der Waals surface area (Å²) >= 11 is 0. The van der Waals surface area contributed by atoms with Gasteiger partial charge in [0.25, 0.3) is 0 Å². The summed E-state index contributed by atoms with van der Waals surface area (Å²) in [6.07, 6.45) is 3.25. The fourth-order valence-corrected chi connectivity index (χ4v) is 7.11. The molecule has 4 aromatic carbocycles. The number of fused-ring (bicyclic) bond motifs is 2. The van der Waals surface area contributed by atoms with Gasteiger partial charge in [-0.05, 0) is 110 Å². The third-order valence-corrected chi connectivity index (χ3v) is 9.64. The van der Waals surface area contributed by atoms with Crippen molar-refractivity contribution >= 4 is 0 Å². The fourth-order valence-electron chi connectivity index (χ4n) is 7.11. The number of benzene rings is 4. The van der Waals surface area contributed by atoms with Crippen LogP contribution in [0.3, 0.4) is 0 Å². The van der Waals surface area contributed by atoms with E-state index >= 15 is 0 Å². The van der Waals surface area contributed by atoms with Crippen molar-refractivity contribution in [3.8, 4) is 46.0 Å². The summed E-state index contributed by atoms with van der Waals surface area (Å²) in [4.78, 5) is 4.75. The molecule has 4 heterocycles. The van der Waals surface area contributed by atoms with Gasteiger partial charge in [0.2, 0.25) is 5.75 Å². The Labute approximate surface area is 264 Å². The molecule has 1 N–H and O–H groups in total.